The summed E-state index contributed by atoms with van der Waals surface area (Å²) in [6, 6.07) is 29.4. The zero-order valence-electron chi connectivity index (χ0n) is 22.4. The fourth-order valence-corrected chi connectivity index (χ4v) is 4.76. The van der Waals surface area contributed by atoms with Crippen LogP contribution in [0.25, 0.3) is 10.4 Å². The van der Waals surface area contributed by atoms with Gasteiger partial charge in [-0.2, -0.15) is 0 Å². The Bertz CT molecular complexity index is 1150. The Kier molecular flexibility index (Phi) is 9.93. The fraction of sp³-hybridized carbons (Fsp3) is 0.419. The van der Waals surface area contributed by atoms with Crippen molar-refractivity contribution in [2.24, 2.45) is 10.5 Å². The van der Waals surface area contributed by atoms with Gasteiger partial charge in [-0.15, -0.1) is 0 Å². The van der Waals surface area contributed by atoms with E-state index in [1.54, 1.807) is 0 Å². The highest BCUT2D eigenvalue weighted by Gasteiger charge is 2.50. The van der Waals surface area contributed by atoms with Crippen LogP contribution in [0.5, 0.6) is 0 Å². The fourth-order valence-electron chi connectivity index (χ4n) is 4.76. The molecule has 3 aromatic rings. The Morgan fingerprint density at radius 1 is 0.737 bits per heavy atom. The van der Waals surface area contributed by atoms with E-state index >= 15 is 0 Å². The van der Waals surface area contributed by atoms with Crippen LogP contribution in [-0.2, 0) is 38.8 Å². The number of hydrogen-bond donors (Lipinski definition) is 0. The molecule has 0 bridgehead atoms. The highest BCUT2D eigenvalue weighted by Crippen LogP contribution is 2.38. The van der Waals surface area contributed by atoms with Crippen molar-refractivity contribution in [3.8, 4) is 0 Å². The first kappa shape index (κ1) is 27.8. The third-order valence-electron chi connectivity index (χ3n) is 6.66. The molecule has 0 aliphatic carbocycles. The van der Waals surface area contributed by atoms with Gasteiger partial charge in [-0.05, 0) is 27.6 Å². The monoisotopic (exact) mass is 515 g/mol. The minimum absolute atomic E-state index is 0.310. The van der Waals surface area contributed by atoms with Crippen molar-refractivity contribution in [2.75, 3.05) is 6.61 Å². The lowest BCUT2D eigenvalue weighted by molar-refractivity contribution is -0.244. The molecule has 5 atom stereocenters. The molecule has 4 rings (SSSR count). The van der Waals surface area contributed by atoms with Crippen molar-refractivity contribution >= 4 is 0 Å². The summed E-state index contributed by atoms with van der Waals surface area (Å²) in [6.07, 6.45) is -1.85. The molecule has 7 heteroatoms. The SMILES string of the molecule is CC(C)(C)[C@@H]1OC(COCc2ccccc2)[C@@H](OCc2ccccc2)C(OCc2ccccc2)C1N=[N+]=[N-]. The largest absolute Gasteiger partial charge is 0.374 e. The van der Waals surface area contributed by atoms with Crippen LogP contribution >= 0.6 is 0 Å². The van der Waals surface area contributed by atoms with Gasteiger partial charge in [-0.1, -0.05) is 117 Å². The first-order valence-electron chi connectivity index (χ1n) is 13.1. The van der Waals surface area contributed by atoms with Crippen LogP contribution in [0.4, 0.5) is 0 Å². The molecule has 200 valence electrons. The lowest BCUT2D eigenvalue weighted by atomic mass is 9.79. The second-order valence-corrected chi connectivity index (χ2v) is 10.7. The van der Waals surface area contributed by atoms with Crippen LogP contribution < -0.4 is 0 Å². The van der Waals surface area contributed by atoms with Crippen molar-refractivity contribution in [1.29, 1.82) is 0 Å². The maximum absolute atomic E-state index is 9.51. The van der Waals surface area contributed by atoms with E-state index in [0.717, 1.165) is 16.7 Å². The molecular formula is C31H37N3O4. The van der Waals surface area contributed by atoms with Crippen molar-refractivity contribution < 1.29 is 18.9 Å². The molecule has 38 heavy (non-hydrogen) atoms. The molecule has 1 fully saturated rings. The van der Waals surface area contributed by atoms with E-state index in [-0.39, 0.29) is 11.5 Å². The third kappa shape index (κ3) is 7.67. The first-order chi connectivity index (χ1) is 18.5. The molecule has 1 aliphatic rings. The Labute approximate surface area is 225 Å². The van der Waals surface area contributed by atoms with E-state index in [1.807, 2.05) is 91.0 Å². The summed E-state index contributed by atoms with van der Waals surface area (Å²) in [4.78, 5) is 3.19. The van der Waals surface area contributed by atoms with Crippen LogP contribution in [0, 0.1) is 5.41 Å². The van der Waals surface area contributed by atoms with Crippen LogP contribution in [-0.4, -0.2) is 37.1 Å². The molecule has 0 radical (unpaired) electrons. The summed E-state index contributed by atoms with van der Waals surface area (Å²) in [5.74, 6) is 0. The number of nitrogens with zero attached hydrogens (tertiary/aromatic N) is 3. The number of benzene rings is 3. The smallest absolute Gasteiger partial charge is 0.113 e. The summed E-state index contributed by atoms with van der Waals surface area (Å²) in [5.41, 5.74) is 12.4. The van der Waals surface area contributed by atoms with Gasteiger partial charge in [0.15, 0.2) is 0 Å². The summed E-state index contributed by atoms with van der Waals surface area (Å²) >= 11 is 0. The average molecular weight is 516 g/mol. The van der Waals surface area contributed by atoms with E-state index in [1.165, 1.54) is 0 Å². The van der Waals surface area contributed by atoms with E-state index in [2.05, 4.69) is 30.8 Å². The maximum atomic E-state index is 9.51. The van der Waals surface area contributed by atoms with Gasteiger partial charge in [0.25, 0.3) is 0 Å². The molecule has 0 amide bonds. The van der Waals surface area contributed by atoms with Crippen LogP contribution in [0.2, 0.25) is 0 Å². The lowest BCUT2D eigenvalue weighted by Gasteiger charge is -2.49. The van der Waals surface area contributed by atoms with Gasteiger partial charge >= 0.3 is 0 Å². The van der Waals surface area contributed by atoms with Crippen molar-refractivity contribution in [2.45, 2.75) is 71.0 Å². The molecule has 1 heterocycles. The number of hydrogen-bond acceptors (Lipinski definition) is 5. The van der Waals surface area contributed by atoms with Gasteiger partial charge in [0.05, 0.1) is 44.7 Å². The van der Waals surface area contributed by atoms with Gasteiger partial charge in [-0.3, -0.25) is 0 Å². The number of ether oxygens (including phenoxy) is 4. The number of rotatable bonds is 11. The zero-order valence-corrected chi connectivity index (χ0v) is 22.4. The topological polar surface area (TPSA) is 85.7 Å². The van der Waals surface area contributed by atoms with Crippen LogP contribution in [0.15, 0.2) is 96.1 Å². The summed E-state index contributed by atoms with van der Waals surface area (Å²) in [6.45, 7) is 7.76. The maximum Gasteiger partial charge on any atom is 0.113 e. The predicted octanol–water partition coefficient (Wildman–Crippen LogP) is 6.87. The van der Waals surface area contributed by atoms with E-state index in [9.17, 15) is 5.53 Å². The Balaban J connectivity index is 1.61. The van der Waals surface area contributed by atoms with E-state index < -0.39 is 24.4 Å². The van der Waals surface area contributed by atoms with Crippen molar-refractivity contribution in [1.82, 2.24) is 0 Å². The molecule has 7 nitrogen and oxygen atoms in total. The van der Waals surface area contributed by atoms with Gasteiger partial charge in [0.1, 0.15) is 12.2 Å². The number of azide groups is 1. The van der Waals surface area contributed by atoms with Crippen molar-refractivity contribution in [3.05, 3.63) is 118 Å². The highest BCUT2D eigenvalue weighted by molar-refractivity contribution is 5.16. The van der Waals surface area contributed by atoms with Gasteiger partial charge in [-0.25, -0.2) is 0 Å². The molecule has 0 N–H and O–H groups in total. The van der Waals surface area contributed by atoms with E-state index in [4.69, 9.17) is 18.9 Å². The zero-order chi connectivity index (χ0) is 26.8. The van der Waals surface area contributed by atoms with Gasteiger partial charge in [0.2, 0.25) is 0 Å². The minimum Gasteiger partial charge on any atom is -0.374 e. The summed E-state index contributed by atoms with van der Waals surface area (Å²) in [7, 11) is 0. The minimum atomic E-state index is -0.574. The quantitative estimate of drug-likeness (QED) is 0.158. The van der Waals surface area contributed by atoms with Crippen LogP contribution in [0.1, 0.15) is 37.5 Å². The van der Waals surface area contributed by atoms with Gasteiger partial charge in [0, 0.05) is 4.91 Å². The summed E-state index contributed by atoms with van der Waals surface area (Å²) in [5, 5.41) is 4.20. The predicted molar refractivity (Wildman–Crippen MR) is 147 cm³/mol. The molecule has 1 aliphatic heterocycles. The molecule has 3 aromatic carbocycles. The third-order valence-corrected chi connectivity index (χ3v) is 6.66. The highest BCUT2D eigenvalue weighted by atomic mass is 16.6. The molecule has 0 spiro atoms. The second kappa shape index (κ2) is 13.6. The van der Waals surface area contributed by atoms with Crippen molar-refractivity contribution in [3.63, 3.8) is 0 Å². The Morgan fingerprint density at radius 3 is 1.68 bits per heavy atom. The Morgan fingerprint density at radius 2 is 1.21 bits per heavy atom. The molecule has 1 saturated heterocycles. The molecule has 3 unspecified atom stereocenters. The average Bonchev–Trinajstić information content (AvgIpc) is 2.93. The normalized spacial score (nSPS) is 23.5. The second-order valence-electron chi connectivity index (χ2n) is 10.7. The Hall–Kier alpha value is -3.19. The standard InChI is InChI=1S/C31H37N3O4/c1-31(2,3)30-27(33-34-32)29(37-21-25-17-11-6-12-18-25)28(36-20-24-15-9-5-10-16-24)26(38-30)22-35-19-23-13-7-4-8-14-23/h4-18,26-30H,19-22H2,1-3H3/t26?,27?,28-,29?,30-/m1/s1. The molecule has 0 aromatic heterocycles. The lowest BCUT2D eigenvalue weighted by Crippen LogP contribution is -2.62. The molecule has 0 saturated carbocycles. The summed E-state index contributed by atoms with van der Waals surface area (Å²) < 4.78 is 25.8. The first-order valence-corrected chi connectivity index (χ1v) is 13.1. The molecular weight excluding hydrogens is 478 g/mol. The van der Waals surface area contributed by atoms with Crippen LogP contribution in [0.3, 0.4) is 0 Å². The van der Waals surface area contributed by atoms with E-state index in [0.29, 0.717) is 26.4 Å². The van der Waals surface area contributed by atoms with Gasteiger partial charge < -0.3 is 18.9 Å².